The molecule has 78 valence electrons. The van der Waals surface area contributed by atoms with Crippen LogP contribution in [0.1, 0.15) is 0 Å². The minimum Gasteiger partial charge on any atom is -0.864 e. The van der Waals surface area contributed by atoms with E-state index in [4.69, 9.17) is 0 Å². The summed E-state index contributed by atoms with van der Waals surface area (Å²) in [4.78, 5) is 9.96. The van der Waals surface area contributed by atoms with Crippen LogP contribution in [0.25, 0.3) is 0 Å². The first-order valence-electron chi connectivity index (χ1n) is 3.67. The third-order valence-electron chi connectivity index (χ3n) is 1.80. The van der Waals surface area contributed by atoms with Crippen molar-refractivity contribution in [3.8, 4) is 0 Å². The molecule has 0 amide bonds. The zero-order valence-corrected chi connectivity index (χ0v) is 7.30. The molecule has 0 bridgehead atoms. The second-order valence-corrected chi connectivity index (χ2v) is 2.91. The fourth-order valence-electron chi connectivity index (χ4n) is 1.16. The summed E-state index contributed by atoms with van der Waals surface area (Å²) in [5.74, 6) is -1.07. The van der Waals surface area contributed by atoms with Crippen molar-refractivity contribution in [2.75, 3.05) is 20.1 Å². The van der Waals surface area contributed by atoms with E-state index >= 15 is 0 Å². The predicted octanol–water partition coefficient (Wildman–Crippen LogP) is -1.77. The molecule has 8 heteroatoms. The first-order valence-corrected chi connectivity index (χ1v) is 3.67. The Bertz CT molecular complexity index is 330. The molecule has 0 aromatic rings. The van der Waals surface area contributed by atoms with Crippen LogP contribution in [0.15, 0.2) is 11.5 Å². The first kappa shape index (κ1) is 10.3. The summed E-state index contributed by atoms with van der Waals surface area (Å²) in [6.45, 7) is -0.327. The number of hydrogen-bond donors (Lipinski definition) is 0. The lowest BCUT2D eigenvalue weighted by atomic mass is 10.1. The van der Waals surface area contributed by atoms with Crippen LogP contribution in [-0.4, -0.2) is 40.6 Å². The number of rotatable bonds is 1. The molecular formula is C6H7N3O5-2. The zero-order chi connectivity index (χ0) is 10.9. The molecule has 0 saturated heterocycles. The molecule has 0 aliphatic carbocycles. The van der Waals surface area contributed by atoms with Crippen molar-refractivity contribution in [3.05, 3.63) is 32.0 Å². The largest absolute Gasteiger partial charge is 0.864 e. The maximum absolute atomic E-state index is 11.2. The summed E-state index contributed by atoms with van der Waals surface area (Å²) in [5.41, 5.74) is -1.30. The Kier molecular flexibility index (Phi) is 2.56. The molecule has 1 rings (SSSR count). The van der Waals surface area contributed by atoms with E-state index in [1.165, 1.54) is 11.9 Å². The van der Waals surface area contributed by atoms with Crippen molar-refractivity contribution in [2.24, 2.45) is 0 Å². The molecule has 0 atom stereocenters. The van der Waals surface area contributed by atoms with Gasteiger partial charge in [-0.3, -0.25) is 15.0 Å². The van der Waals surface area contributed by atoms with E-state index in [0.717, 1.165) is 0 Å². The van der Waals surface area contributed by atoms with Crippen molar-refractivity contribution >= 4 is 5.71 Å². The summed E-state index contributed by atoms with van der Waals surface area (Å²) in [7, 11) is 1.47. The van der Waals surface area contributed by atoms with Crippen molar-refractivity contribution in [3.63, 3.8) is 0 Å². The highest BCUT2D eigenvalue weighted by Gasteiger charge is 2.27. The molecule has 0 spiro atoms. The van der Waals surface area contributed by atoms with Crippen LogP contribution < -0.4 is 5.11 Å². The van der Waals surface area contributed by atoms with Gasteiger partial charge < -0.3 is 15.5 Å². The van der Waals surface area contributed by atoms with Gasteiger partial charge in [0.1, 0.15) is 0 Å². The van der Waals surface area contributed by atoms with E-state index in [1.54, 1.807) is 0 Å². The fourth-order valence-corrected chi connectivity index (χ4v) is 1.16. The minimum atomic E-state index is -1.07. The molecule has 0 N–H and O–H groups in total. The van der Waals surface area contributed by atoms with Crippen LogP contribution in [0, 0.1) is 20.5 Å². The molecular weight excluding hydrogens is 194 g/mol. The van der Waals surface area contributed by atoms with Gasteiger partial charge in [0.05, 0.1) is 18.0 Å². The average molecular weight is 201 g/mol. The number of nitrogens with zero attached hydrogens (tertiary/aromatic N) is 3. The Morgan fingerprint density at radius 3 is 2.29 bits per heavy atom. The molecule has 14 heavy (non-hydrogen) atoms. The molecule has 0 fully saturated rings. The van der Waals surface area contributed by atoms with Crippen LogP contribution in [0.4, 0.5) is 0 Å². The number of nitro groups is 1. The Labute approximate surface area is 78.7 Å². The summed E-state index contributed by atoms with van der Waals surface area (Å²) < 4.78 is 0. The Hall–Kier alpha value is -1.83. The van der Waals surface area contributed by atoms with E-state index < -0.39 is 27.0 Å². The standard InChI is InChI=1S/C6H8N3O5/c1-7-2-4(8(11)12)6(10)5(3-7)9(13)14/h2-3H2,1H3,(H-,10,11,12)/q-1/p-1. The summed E-state index contributed by atoms with van der Waals surface area (Å²) in [6, 6.07) is 0. The zero-order valence-electron chi connectivity index (χ0n) is 7.30. The highest BCUT2D eigenvalue weighted by atomic mass is 16.8. The van der Waals surface area contributed by atoms with Gasteiger partial charge >= 0.3 is 0 Å². The van der Waals surface area contributed by atoms with E-state index in [-0.39, 0.29) is 13.1 Å². The van der Waals surface area contributed by atoms with Crippen molar-refractivity contribution < 1.29 is 14.9 Å². The van der Waals surface area contributed by atoms with Gasteiger partial charge in [-0.25, -0.2) is 0 Å². The van der Waals surface area contributed by atoms with Gasteiger partial charge in [0.2, 0.25) is 5.71 Å². The quantitative estimate of drug-likeness (QED) is 0.281. The van der Waals surface area contributed by atoms with Gasteiger partial charge in [-0.05, 0) is 7.05 Å². The van der Waals surface area contributed by atoms with Gasteiger partial charge in [0, 0.05) is 5.76 Å². The SMILES string of the molecule is CN1CC([N+](=O)[O-])=C([O-])C(=[N+]([O-])[O-])C1. The van der Waals surface area contributed by atoms with Crippen LogP contribution in [-0.2, 0) is 0 Å². The lowest BCUT2D eigenvalue weighted by Crippen LogP contribution is -2.43. The van der Waals surface area contributed by atoms with E-state index in [2.05, 4.69) is 0 Å². The first-order chi connectivity index (χ1) is 6.43. The van der Waals surface area contributed by atoms with E-state index in [1.807, 2.05) is 0 Å². The molecule has 8 nitrogen and oxygen atoms in total. The third kappa shape index (κ3) is 1.74. The lowest BCUT2D eigenvalue weighted by molar-refractivity contribution is -0.449. The van der Waals surface area contributed by atoms with Gasteiger partial charge in [0.15, 0.2) is 0 Å². The van der Waals surface area contributed by atoms with Crippen molar-refractivity contribution in [2.45, 2.75) is 0 Å². The summed E-state index contributed by atoms with van der Waals surface area (Å²) in [5, 5.41) is 42.3. The maximum Gasteiger partial charge on any atom is 0.258 e. The highest BCUT2D eigenvalue weighted by molar-refractivity contribution is 5.96. The molecule has 1 aliphatic rings. The van der Waals surface area contributed by atoms with E-state index in [0.29, 0.717) is 0 Å². The Morgan fingerprint density at radius 1 is 1.29 bits per heavy atom. The second-order valence-electron chi connectivity index (χ2n) is 2.91. The molecule has 1 aliphatic heterocycles. The maximum atomic E-state index is 11.2. The lowest BCUT2D eigenvalue weighted by Gasteiger charge is -2.26. The smallest absolute Gasteiger partial charge is 0.258 e. The van der Waals surface area contributed by atoms with Gasteiger partial charge in [-0.15, -0.1) is 0 Å². The molecule has 1 heterocycles. The molecule has 0 saturated carbocycles. The Morgan fingerprint density at radius 2 is 1.86 bits per heavy atom. The monoisotopic (exact) mass is 201 g/mol. The predicted molar refractivity (Wildman–Crippen MR) is 43.5 cm³/mol. The van der Waals surface area contributed by atoms with Crippen LogP contribution in [0.5, 0.6) is 0 Å². The summed E-state index contributed by atoms with van der Waals surface area (Å²) >= 11 is 0. The molecule has 0 radical (unpaired) electrons. The average Bonchev–Trinajstić information content (AvgIpc) is 2.07. The highest BCUT2D eigenvalue weighted by Crippen LogP contribution is 2.10. The minimum absolute atomic E-state index is 0.164. The van der Waals surface area contributed by atoms with Crippen molar-refractivity contribution in [1.29, 1.82) is 0 Å². The van der Waals surface area contributed by atoms with Crippen LogP contribution in [0.3, 0.4) is 0 Å². The van der Waals surface area contributed by atoms with Gasteiger partial charge in [-0.1, -0.05) is 0 Å². The number of likely N-dealkylation sites (N-methyl/N-ethyl adjacent to an activating group) is 1. The Balaban J connectivity index is 3.20. The normalized spacial score (nSPS) is 18.5. The van der Waals surface area contributed by atoms with Crippen LogP contribution >= 0.6 is 0 Å². The topological polar surface area (TPSA) is 119 Å². The second kappa shape index (κ2) is 3.50. The molecule has 0 unspecified atom stereocenters. The summed E-state index contributed by atoms with van der Waals surface area (Å²) in [6.07, 6.45) is 0. The van der Waals surface area contributed by atoms with Gasteiger partial charge in [0.25, 0.3) is 5.70 Å². The van der Waals surface area contributed by atoms with E-state index in [9.17, 15) is 25.6 Å². The van der Waals surface area contributed by atoms with Gasteiger partial charge in [-0.2, -0.15) is 4.90 Å². The molecule has 0 aromatic carbocycles. The van der Waals surface area contributed by atoms with Crippen LogP contribution in [0.2, 0.25) is 0 Å². The van der Waals surface area contributed by atoms with Crippen molar-refractivity contribution in [1.82, 2.24) is 4.90 Å². The third-order valence-corrected chi connectivity index (χ3v) is 1.80. The fraction of sp³-hybridized carbons (Fsp3) is 0.500. The number of hydrogen-bond acceptors (Lipinski definition) is 6. The molecule has 0 aromatic heterocycles.